The minimum Gasteiger partial charge on any atom is -0.466 e. The molecule has 0 amide bonds. The van der Waals surface area contributed by atoms with Crippen LogP contribution in [-0.4, -0.2) is 26.2 Å². The number of rotatable bonds is 4. The van der Waals surface area contributed by atoms with Crippen LogP contribution in [0.2, 0.25) is 0 Å². The van der Waals surface area contributed by atoms with Gasteiger partial charge in [-0.05, 0) is 24.3 Å². The number of carbonyl (C=O) groups is 2. The molecule has 0 saturated carbocycles. The fraction of sp³-hybridized carbons (Fsp3) is 0.167. The molecule has 17 heavy (non-hydrogen) atoms. The number of hydrogen-bond donors (Lipinski definition) is 0. The molecule has 0 aliphatic carbocycles. The highest BCUT2D eigenvalue weighted by atomic mass is 32.1. The Kier molecular flexibility index (Phi) is 5.16. The van der Waals surface area contributed by atoms with Gasteiger partial charge in [-0.25, -0.2) is 9.59 Å². The van der Waals surface area contributed by atoms with Gasteiger partial charge in [0, 0.05) is 21.9 Å². The van der Waals surface area contributed by atoms with E-state index in [1.165, 1.54) is 37.7 Å². The molecule has 0 bridgehead atoms. The molecular formula is C12H12O4S. The second-order valence-corrected chi connectivity index (χ2v) is 4.10. The summed E-state index contributed by atoms with van der Waals surface area (Å²) >= 11 is 1.45. The molecule has 0 radical (unpaired) electrons. The van der Waals surface area contributed by atoms with Crippen molar-refractivity contribution >= 4 is 35.4 Å². The van der Waals surface area contributed by atoms with Gasteiger partial charge in [-0.3, -0.25) is 0 Å². The number of carbonyl (C=O) groups excluding carboxylic acids is 2. The summed E-state index contributed by atoms with van der Waals surface area (Å²) < 4.78 is 8.95. The monoisotopic (exact) mass is 252 g/mol. The van der Waals surface area contributed by atoms with Crippen LogP contribution < -0.4 is 0 Å². The Labute approximate surface area is 103 Å². The third-order valence-electron chi connectivity index (χ3n) is 1.82. The maximum absolute atomic E-state index is 10.9. The summed E-state index contributed by atoms with van der Waals surface area (Å²) in [6.45, 7) is 0. The number of hydrogen-bond acceptors (Lipinski definition) is 5. The SMILES string of the molecule is COC(=O)/C=C/c1ccc(/C=C/C(=O)OC)s1. The topological polar surface area (TPSA) is 52.6 Å². The van der Waals surface area contributed by atoms with Crippen LogP contribution in [-0.2, 0) is 19.1 Å². The molecule has 1 aromatic heterocycles. The van der Waals surface area contributed by atoms with Crippen molar-refractivity contribution in [3.63, 3.8) is 0 Å². The van der Waals surface area contributed by atoms with E-state index >= 15 is 0 Å². The van der Waals surface area contributed by atoms with Crippen LogP contribution in [0, 0.1) is 0 Å². The molecule has 90 valence electrons. The molecule has 1 aromatic rings. The van der Waals surface area contributed by atoms with Gasteiger partial charge in [-0.2, -0.15) is 0 Å². The van der Waals surface area contributed by atoms with Crippen LogP contribution in [0.25, 0.3) is 12.2 Å². The lowest BCUT2D eigenvalue weighted by Gasteiger charge is -1.88. The Bertz CT molecular complexity index is 416. The van der Waals surface area contributed by atoms with E-state index in [4.69, 9.17) is 0 Å². The zero-order chi connectivity index (χ0) is 12.7. The first-order valence-electron chi connectivity index (χ1n) is 4.77. The fourth-order valence-electron chi connectivity index (χ4n) is 0.984. The molecule has 0 unspecified atom stereocenters. The van der Waals surface area contributed by atoms with Crippen molar-refractivity contribution in [2.45, 2.75) is 0 Å². The second kappa shape index (κ2) is 6.65. The summed E-state index contributed by atoms with van der Waals surface area (Å²) in [6.07, 6.45) is 6.01. The Morgan fingerprint density at radius 1 is 1.00 bits per heavy atom. The highest BCUT2D eigenvalue weighted by molar-refractivity contribution is 7.13. The molecule has 0 aliphatic heterocycles. The van der Waals surface area contributed by atoms with E-state index in [0.29, 0.717) is 0 Å². The lowest BCUT2D eigenvalue weighted by Crippen LogP contribution is -1.92. The summed E-state index contributed by atoms with van der Waals surface area (Å²) in [5.41, 5.74) is 0. The standard InChI is InChI=1S/C12H12O4S/c1-15-11(13)7-5-9-3-4-10(17-9)6-8-12(14)16-2/h3-8H,1-2H3/b7-5+,8-6+. The van der Waals surface area contributed by atoms with E-state index < -0.39 is 11.9 Å². The van der Waals surface area contributed by atoms with Crippen molar-refractivity contribution in [1.29, 1.82) is 0 Å². The number of thiophene rings is 1. The van der Waals surface area contributed by atoms with Gasteiger partial charge in [0.15, 0.2) is 0 Å². The second-order valence-electron chi connectivity index (χ2n) is 2.95. The Hall–Kier alpha value is -1.88. The van der Waals surface area contributed by atoms with Crippen molar-refractivity contribution in [3.05, 3.63) is 34.0 Å². The van der Waals surface area contributed by atoms with Crippen LogP contribution in [0.15, 0.2) is 24.3 Å². The van der Waals surface area contributed by atoms with E-state index in [9.17, 15) is 9.59 Å². The first-order valence-corrected chi connectivity index (χ1v) is 5.59. The van der Waals surface area contributed by atoms with Gasteiger partial charge in [0.2, 0.25) is 0 Å². The van der Waals surface area contributed by atoms with Crippen molar-refractivity contribution in [1.82, 2.24) is 0 Å². The third kappa shape index (κ3) is 4.65. The van der Waals surface area contributed by atoms with Crippen LogP contribution in [0.5, 0.6) is 0 Å². The Balaban J connectivity index is 2.65. The lowest BCUT2D eigenvalue weighted by atomic mass is 10.3. The Morgan fingerprint density at radius 3 is 1.76 bits per heavy atom. The zero-order valence-electron chi connectivity index (χ0n) is 9.51. The minimum atomic E-state index is -0.398. The van der Waals surface area contributed by atoms with Gasteiger partial charge in [0.05, 0.1) is 14.2 Å². The molecular weight excluding hydrogens is 240 g/mol. The zero-order valence-corrected chi connectivity index (χ0v) is 10.3. The number of esters is 2. The molecule has 1 rings (SSSR count). The summed E-state index contributed by atoms with van der Waals surface area (Å²) in [6, 6.07) is 3.70. The summed E-state index contributed by atoms with van der Waals surface area (Å²) in [4.78, 5) is 23.5. The first-order chi connectivity index (χ1) is 8.15. The fourth-order valence-corrected chi connectivity index (χ4v) is 1.80. The van der Waals surface area contributed by atoms with E-state index in [0.717, 1.165) is 9.75 Å². The summed E-state index contributed by atoms with van der Waals surface area (Å²) in [5, 5.41) is 0. The predicted molar refractivity (Wildman–Crippen MR) is 66.4 cm³/mol. The van der Waals surface area contributed by atoms with E-state index in [2.05, 4.69) is 9.47 Å². The van der Waals surface area contributed by atoms with Gasteiger partial charge in [0.25, 0.3) is 0 Å². The average molecular weight is 252 g/mol. The van der Waals surface area contributed by atoms with E-state index in [-0.39, 0.29) is 0 Å². The molecule has 4 nitrogen and oxygen atoms in total. The van der Waals surface area contributed by atoms with Crippen molar-refractivity contribution in [2.75, 3.05) is 14.2 Å². The van der Waals surface area contributed by atoms with Crippen molar-refractivity contribution in [2.24, 2.45) is 0 Å². The lowest BCUT2D eigenvalue weighted by molar-refractivity contribution is -0.135. The predicted octanol–water partition coefficient (Wildman–Crippen LogP) is 2.12. The molecule has 0 fully saturated rings. The highest BCUT2D eigenvalue weighted by Crippen LogP contribution is 2.19. The maximum Gasteiger partial charge on any atom is 0.330 e. The van der Waals surface area contributed by atoms with Crippen LogP contribution >= 0.6 is 11.3 Å². The smallest absolute Gasteiger partial charge is 0.330 e. The van der Waals surface area contributed by atoms with Crippen molar-refractivity contribution < 1.29 is 19.1 Å². The van der Waals surface area contributed by atoms with Gasteiger partial charge in [-0.1, -0.05) is 0 Å². The molecule has 0 N–H and O–H groups in total. The average Bonchev–Trinajstić information content (AvgIpc) is 2.80. The van der Waals surface area contributed by atoms with Gasteiger partial charge >= 0.3 is 11.9 Å². The van der Waals surface area contributed by atoms with Gasteiger partial charge in [-0.15, -0.1) is 11.3 Å². The van der Waals surface area contributed by atoms with E-state index in [1.54, 1.807) is 12.2 Å². The minimum absolute atomic E-state index is 0.398. The largest absolute Gasteiger partial charge is 0.466 e. The summed E-state index contributed by atoms with van der Waals surface area (Å²) in [5.74, 6) is -0.796. The molecule has 0 aromatic carbocycles. The first kappa shape index (κ1) is 13.2. The van der Waals surface area contributed by atoms with Crippen LogP contribution in [0.3, 0.4) is 0 Å². The van der Waals surface area contributed by atoms with Gasteiger partial charge in [0.1, 0.15) is 0 Å². The van der Waals surface area contributed by atoms with Crippen LogP contribution in [0.4, 0.5) is 0 Å². The highest BCUT2D eigenvalue weighted by Gasteiger charge is 1.97. The van der Waals surface area contributed by atoms with Crippen molar-refractivity contribution in [3.8, 4) is 0 Å². The quantitative estimate of drug-likeness (QED) is 0.608. The number of methoxy groups -OCH3 is 2. The molecule has 0 aliphatic rings. The number of ether oxygens (including phenoxy) is 2. The Morgan fingerprint density at radius 2 is 1.41 bits per heavy atom. The normalized spacial score (nSPS) is 10.9. The van der Waals surface area contributed by atoms with E-state index in [1.807, 2.05) is 12.1 Å². The van der Waals surface area contributed by atoms with Crippen LogP contribution in [0.1, 0.15) is 9.75 Å². The molecule has 0 saturated heterocycles. The molecule has 1 heterocycles. The summed E-state index contributed by atoms with van der Waals surface area (Å²) in [7, 11) is 2.65. The molecule has 5 heteroatoms. The maximum atomic E-state index is 10.9. The third-order valence-corrected chi connectivity index (χ3v) is 2.83. The molecule has 0 atom stereocenters. The van der Waals surface area contributed by atoms with Gasteiger partial charge < -0.3 is 9.47 Å². The molecule has 0 spiro atoms.